The summed E-state index contributed by atoms with van der Waals surface area (Å²) in [4.78, 5) is 19.2. The largest absolute Gasteiger partial charge is 0.481 e. The van der Waals surface area contributed by atoms with Gasteiger partial charge in [0.05, 0.1) is 12.7 Å². The standard InChI is InChI=1S/C18H27N3O3/c1-23-16-6-5-15(13-19-16)17(22)20-14-18(7-11-24-12-8-18)21-9-3-2-4-10-21/h5-6,13H,2-4,7-12,14H2,1H3,(H,20,22). The number of hydrogen-bond donors (Lipinski definition) is 1. The molecule has 2 aliphatic heterocycles. The average Bonchev–Trinajstić information content (AvgIpc) is 2.67. The summed E-state index contributed by atoms with van der Waals surface area (Å²) >= 11 is 0. The van der Waals surface area contributed by atoms with E-state index in [1.807, 2.05) is 0 Å². The summed E-state index contributed by atoms with van der Waals surface area (Å²) in [7, 11) is 1.57. The highest BCUT2D eigenvalue weighted by Crippen LogP contribution is 2.30. The summed E-state index contributed by atoms with van der Waals surface area (Å²) in [6.45, 7) is 4.47. The smallest absolute Gasteiger partial charge is 0.252 e. The molecule has 0 radical (unpaired) electrons. The van der Waals surface area contributed by atoms with Crippen molar-refractivity contribution in [3.63, 3.8) is 0 Å². The molecule has 3 rings (SSSR count). The number of methoxy groups -OCH3 is 1. The van der Waals surface area contributed by atoms with Gasteiger partial charge < -0.3 is 14.8 Å². The number of carbonyl (C=O) groups is 1. The molecule has 2 fully saturated rings. The Morgan fingerprint density at radius 2 is 2.04 bits per heavy atom. The molecular formula is C18H27N3O3. The summed E-state index contributed by atoms with van der Waals surface area (Å²) in [5.41, 5.74) is 0.602. The number of likely N-dealkylation sites (tertiary alicyclic amines) is 1. The number of nitrogens with zero attached hydrogens (tertiary/aromatic N) is 2. The highest BCUT2D eigenvalue weighted by Gasteiger charge is 2.39. The number of piperidine rings is 1. The van der Waals surface area contributed by atoms with Crippen LogP contribution in [0.15, 0.2) is 18.3 Å². The molecule has 0 spiro atoms. The van der Waals surface area contributed by atoms with Crippen molar-refractivity contribution >= 4 is 5.91 Å². The van der Waals surface area contributed by atoms with E-state index in [0.717, 1.165) is 39.1 Å². The van der Waals surface area contributed by atoms with Crippen molar-refractivity contribution in [2.24, 2.45) is 0 Å². The number of nitrogens with one attached hydrogen (secondary N) is 1. The first-order valence-electron chi connectivity index (χ1n) is 8.85. The number of aromatic nitrogens is 1. The molecule has 0 saturated carbocycles. The lowest BCUT2D eigenvalue weighted by Gasteiger charge is -2.48. The van der Waals surface area contributed by atoms with Crippen molar-refractivity contribution in [1.82, 2.24) is 15.2 Å². The fraction of sp³-hybridized carbons (Fsp3) is 0.667. The van der Waals surface area contributed by atoms with E-state index in [1.165, 1.54) is 19.3 Å². The fourth-order valence-electron chi connectivity index (χ4n) is 3.71. The molecule has 1 aromatic heterocycles. The van der Waals surface area contributed by atoms with Gasteiger partial charge in [-0.25, -0.2) is 4.98 Å². The SMILES string of the molecule is COc1ccc(C(=O)NCC2(N3CCCCC3)CCOCC2)cn1. The third-order valence-electron chi connectivity index (χ3n) is 5.24. The van der Waals surface area contributed by atoms with Gasteiger partial charge in [0, 0.05) is 37.6 Å². The molecule has 132 valence electrons. The quantitative estimate of drug-likeness (QED) is 0.891. The maximum absolute atomic E-state index is 12.5. The molecule has 2 aliphatic rings. The van der Waals surface area contributed by atoms with Crippen LogP contribution in [-0.2, 0) is 4.74 Å². The van der Waals surface area contributed by atoms with Crippen LogP contribution in [-0.4, -0.2) is 61.3 Å². The van der Waals surface area contributed by atoms with Gasteiger partial charge in [-0.05, 0) is 44.8 Å². The van der Waals surface area contributed by atoms with Crippen LogP contribution >= 0.6 is 0 Å². The monoisotopic (exact) mass is 333 g/mol. The first-order valence-corrected chi connectivity index (χ1v) is 8.85. The lowest BCUT2D eigenvalue weighted by molar-refractivity contribution is -0.0349. The molecule has 0 aliphatic carbocycles. The van der Waals surface area contributed by atoms with E-state index in [4.69, 9.17) is 9.47 Å². The molecule has 0 atom stereocenters. The molecule has 1 amide bonds. The number of pyridine rings is 1. The third-order valence-corrected chi connectivity index (χ3v) is 5.24. The maximum atomic E-state index is 12.5. The predicted octanol–water partition coefficient (Wildman–Crippen LogP) is 1.86. The van der Waals surface area contributed by atoms with E-state index >= 15 is 0 Å². The van der Waals surface area contributed by atoms with Crippen LogP contribution in [0.1, 0.15) is 42.5 Å². The highest BCUT2D eigenvalue weighted by atomic mass is 16.5. The van der Waals surface area contributed by atoms with Crippen LogP contribution in [0.4, 0.5) is 0 Å². The minimum atomic E-state index is -0.0759. The summed E-state index contributed by atoms with van der Waals surface area (Å²) in [5.74, 6) is 0.439. The fourth-order valence-corrected chi connectivity index (χ4v) is 3.71. The Labute approximate surface area is 143 Å². The van der Waals surface area contributed by atoms with E-state index in [2.05, 4.69) is 15.2 Å². The Bertz CT molecular complexity index is 535. The van der Waals surface area contributed by atoms with Gasteiger partial charge in [-0.15, -0.1) is 0 Å². The zero-order valence-electron chi connectivity index (χ0n) is 14.4. The second-order valence-electron chi connectivity index (χ2n) is 6.66. The normalized spacial score (nSPS) is 21.2. The lowest BCUT2D eigenvalue weighted by atomic mass is 9.86. The average molecular weight is 333 g/mol. The summed E-state index contributed by atoms with van der Waals surface area (Å²) in [6.07, 6.45) is 7.33. The molecule has 3 heterocycles. The number of hydrogen-bond acceptors (Lipinski definition) is 5. The van der Waals surface area contributed by atoms with Gasteiger partial charge in [-0.2, -0.15) is 0 Å². The van der Waals surface area contributed by atoms with Crippen molar-refractivity contribution < 1.29 is 14.3 Å². The van der Waals surface area contributed by atoms with Gasteiger partial charge in [0.2, 0.25) is 5.88 Å². The molecule has 1 N–H and O–H groups in total. The van der Waals surface area contributed by atoms with Gasteiger partial charge in [0.15, 0.2) is 0 Å². The van der Waals surface area contributed by atoms with Crippen LogP contribution in [0.5, 0.6) is 5.88 Å². The molecule has 2 saturated heterocycles. The van der Waals surface area contributed by atoms with Crippen molar-refractivity contribution in [2.45, 2.75) is 37.6 Å². The topological polar surface area (TPSA) is 63.7 Å². The van der Waals surface area contributed by atoms with Gasteiger partial charge in [0.1, 0.15) is 0 Å². The van der Waals surface area contributed by atoms with Crippen molar-refractivity contribution in [2.75, 3.05) is 40.0 Å². The molecule has 24 heavy (non-hydrogen) atoms. The van der Waals surface area contributed by atoms with Crippen LogP contribution in [0.3, 0.4) is 0 Å². The number of amides is 1. The van der Waals surface area contributed by atoms with Crippen molar-refractivity contribution in [1.29, 1.82) is 0 Å². The number of ether oxygens (including phenoxy) is 2. The Kier molecular flexibility index (Phi) is 5.68. The molecule has 0 unspecified atom stereocenters. The van der Waals surface area contributed by atoms with E-state index in [9.17, 15) is 4.79 Å². The second-order valence-corrected chi connectivity index (χ2v) is 6.66. The van der Waals surface area contributed by atoms with Gasteiger partial charge >= 0.3 is 0 Å². The zero-order valence-corrected chi connectivity index (χ0v) is 14.4. The minimum Gasteiger partial charge on any atom is -0.481 e. The molecular weight excluding hydrogens is 306 g/mol. The Balaban J connectivity index is 1.64. The molecule has 1 aromatic rings. The van der Waals surface area contributed by atoms with Gasteiger partial charge in [0.25, 0.3) is 5.91 Å². The van der Waals surface area contributed by atoms with E-state index in [-0.39, 0.29) is 11.4 Å². The minimum absolute atomic E-state index is 0.0359. The molecule has 6 nitrogen and oxygen atoms in total. The Morgan fingerprint density at radius 1 is 1.29 bits per heavy atom. The molecule has 6 heteroatoms. The van der Waals surface area contributed by atoms with Crippen LogP contribution in [0.2, 0.25) is 0 Å². The number of rotatable bonds is 5. The van der Waals surface area contributed by atoms with E-state index < -0.39 is 0 Å². The maximum Gasteiger partial charge on any atom is 0.252 e. The highest BCUT2D eigenvalue weighted by molar-refractivity contribution is 5.93. The van der Waals surface area contributed by atoms with E-state index in [1.54, 1.807) is 25.4 Å². The predicted molar refractivity (Wildman–Crippen MR) is 91.3 cm³/mol. The van der Waals surface area contributed by atoms with Crippen molar-refractivity contribution in [3.05, 3.63) is 23.9 Å². The van der Waals surface area contributed by atoms with Crippen LogP contribution in [0.25, 0.3) is 0 Å². The lowest BCUT2D eigenvalue weighted by Crippen LogP contribution is -2.59. The second kappa shape index (κ2) is 7.94. The zero-order chi connectivity index (χ0) is 16.8. The van der Waals surface area contributed by atoms with Crippen LogP contribution < -0.4 is 10.1 Å². The first kappa shape index (κ1) is 17.2. The first-order chi connectivity index (χ1) is 11.7. The summed E-state index contributed by atoms with van der Waals surface area (Å²) < 4.78 is 10.6. The van der Waals surface area contributed by atoms with Crippen molar-refractivity contribution in [3.8, 4) is 5.88 Å². The van der Waals surface area contributed by atoms with Crippen LogP contribution in [0, 0.1) is 0 Å². The number of carbonyl (C=O) groups excluding carboxylic acids is 1. The van der Waals surface area contributed by atoms with E-state index in [0.29, 0.717) is 18.0 Å². The third kappa shape index (κ3) is 3.87. The summed E-state index contributed by atoms with van der Waals surface area (Å²) in [5, 5.41) is 3.13. The van der Waals surface area contributed by atoms with Gasteiger partial charge in [-0.1, -0.05) is 6.42 Å². The van der Waals surface area contributed by atoms with Gasteiger partial charge in [-0.3, -0.25) is 9.69 Å². The molecule has 0 bridgehead atoms. The summed E-state index contributed by atoms with van der Waals surface area (Å²) in [6, 6.07) is 3.46. The Morgan fingerprint density at radius 3 is 2.67 bits per heavy atom. The Hall–Kier alpha value is -1.66. The molecule has 0 aromatic carbocycles.